The Balaban J connectivity index is 1.83. The van der Waals surface area contributed by atoms with Gasteiger partial charge in [0.1, 0.15) is 0 Å². The predicted molar refractivity (Wildman–Crippen MR) is 100 cm³/mol. The number of nitrogens with zero attached hydrogens (tertiary/aromatic N) is 2. The van der Waals surface area contributed by atoms with Gasteiger partial charge in [0.15, 0.2) is 0 Å². The summed E-state index contributed by atoms with van der Waals surface area (Å²) in [6.45, 7) is 3.37. The average Bonchev–Trinajstić information content (AvgIpc) is 2.93. The van der Waals surface area contributed by atoms with E-state index in [-0.39, 0.29) is 5.91 Å². The van der Waals surface area contributed by atoms with Gasteiger partial charge in [0, 0.05) is 11.9 Å². The summed E-state index contributed by atoms with van der Waals surface area (Å²) in [5.74, 6) is 0.0113. The first kappa shape index (κ1) is 15.6. The minimum absolute atomic E-state index is 0.0113. The van der Waals surface area contributed by atoms with E-state index in [0.29, 0.717) is 17.8 Å². The molecule has 0 radical (unpaired) electrons. The summed E-state index contributed by atoms with van der Waals surface area (Å²) in [5, 5.41) is 0.874. The lowest BCUT2D eigenvalue weighted by Gasteiger charge is -2.13. The molecule has 0 aliphatic carbocycles. The number of carbonyl (C=O) groups excluding carboxylic acids is 1. The fourth-order valence-corrected chi connectivity index (χ4v) is 3.59. The lowest BCUT2D eigenvalue weighted by Crippen LogP contribution is -2.24. The molecule has 25 heavy (non-hydrogen) atoms. The largest absolute Gasteiger partial charge is 0.397 e. The van der Waals surface area contributed by atoms with Gasteiger partial charge in [-0.2, -0.15) is 0 Å². The first-order valence-electron chi connectivity index (χ1n) is 8.72. The van der Waals surface area contributed by atoms with Crippen LogP contribution in [0.1, 0.15) is 40.5 Å². The van der Waals surface area contributed by atoms with Crippen LogP contribution in [0.5, 0.6) is 0 Å². The SMILES string of the molecule is CCCN1Cc2nc3c(Cc4ccccc4)cccc3c(N)c2C1=O. The van der Waals surface area contributed by atoms with E-state index in [1.807, 2.05) is 35.2 Å². The highest BCUT2D eigenvalue weighted by atomic mass is 16.2. The Labute approximate surface area is 147 Å². The topological polar surface area (TPSA) is 59.2 Å². The monoisotopic (exact) mass is 331 g/mol. The minimum atomic E-state index is 0.0113. The molecule has 3 aromatic rings. The zero-order chi connectivity index (χ0) is 17.4. The van der Waals surface area contributed by atoms with Crippen molar-refractivity contribution in [2.45, 2.75) is 26.3 Å². The highest BCUT2D eigenvalue weighted by Gasteiger charge is 2.31. The van der Waals surface area contributed by atoms with Gasteiger partial charge in [-0.25, -0.2) is 4.98 Å². The fourth-order valence-electron chi connectivity index (χ4n) is 3.59. The number of hydrogen-bond acceptors (Lipinski definition) is 3. The Morgan fingerprint density at radius 3 is 2.68 bits per heavy atom. The molecule has 0 spiro atoms. The van der Waals surface area contributed by atoms with Crippen molar-refractivity contribution in [2.24, 2.45) is 0 Å². The number of nitrogen functional groups attached to an aromatic ring is 1. The molecule has 1 aliphatic rings. The lowest BCUT2D eigenvalue weighted by molar-refractivity contribution is 0.0779. The Hall–Kier alpha value is -2.88. The summed E-state index contributed by atoms with van der Waals surface area (Å²) in [7, 11) is 0. The fraction of sp³-hybridized carbons (Fsp3) is 0.238. The van der Waals surface area contributed by atoms with Crippen LogP contribution >= 0.6 is 0 Å². The number of anilines is 1. The van der Waals surface area contributed by atoms with E-state index in [4.69, 9.17) is 10.7 Å². The molecule has 2 heterocycles. The van der Waals surface area contributed by atoms with Crippen LogP contribution in [0.15, 0.2) is 48.5 Å². The Morgan fingerprint density at radius 2 is 1.92 bits per heavy atom. The number of aromatic nitrogens is 1. The van der Waals surface area contributed by atoms with Crippen molar-refractivity contribution < 1.29 is 4.79 Å². The number of nitrogens with two attached hydrogens (primary N) is 1. The van der Waals surface area contributed by atoms with E-state index >= 15 is 0 Å². The number of hydrogen-bond donors (Lipinski definition) is 1. The number of fused-ring (bicyclic) bond motifs is 2. The van der Waals surface area contributed by atoms with Crippen LogP contribution in [0, 0.1) is 0 Å². The Bertz CT molecular complexity index is 950. The van der Waals surface area contributed by atoms with Gasteiger partial charge in [-0.1, -0.05) is 55.5 Å². The van der Waals surface area contributed by atoms with Gasteiger partial charge < -0.3 is 10.6 Å². The molecule has 0 fully saturated rings. The Morgan fingerprint density at radius 1 is 1.12 bits per heavy atom. The minimum Gasteiger partial charge on any atom is -0.397 e. The van der Waals surface area contributed by atoms with Crippen LogP contribution in [0.4, 0.5) is 5.69 Å². The first-order valence-corrected chi connectivity index (χ1v) is 8.72. The predicted octanol–water partition coefficient (Wildman–Crippen LogP) is 3.77. The molecule has 2 N–H and O–H groups in total. The second-order valence-corrected chi connectivity index (χ2v) is 6.55. The van der Waals surface area contributed by atoms with Crippen molar-refractivity contribution in [1.82, 2.24) is 9.88 Å². The number of carbonyl (C=O) groups is 1. The summed E-state index contributed by atoms with van der Waals surface area (Å²) >= 11 is 0. The number of para-hydroxylation sites is 1. The van der Waals surface area contributed by atoms with Gasteiger partial charge in [-0.15, -0.1) is 0 Å². The third-order valence-electron chi connectivity index (χ3n) is 4.79. The van der Waals surface area contributed by atoms with Crippen LogP contribution < -0.4 is 5.73 Å². The van der Waals surface area contributed by atoms with Crippen LogP contribution in [-0.2, 0) is 13.0 Å². The molecule has 0 bridgehead atoms. The number of benzene rings is 2. The summed E-state index contributed by atoms with van der Waals surface area (Å²) in [6.07, 6.45) is 1.73. The molecule has 4 rings (SSSR count). The van der Waals surface area contributed by atoms with Crippen molar-refractivity contribution >= 4 is 22.5 Å². The second kappa shape index (κ2) is 6.20. The van der Waals surface area contributed by atoms with Gasteiger partial charge in [0.05, 0.1) is 29.0 Å². The zero-order valence-corrected chi connectivity index (χ0v) is 14.3. The third kappa shape index (κ3) is 2.64. The normalized spacial score (nSPS) is 13.5. The second-order valence-electron chi connectivity index (χ2n) is 6.55. The molecule has 4 nitrogen and oxygen atoms in total. The van der Waals surface area contributed by atoms with Crippen LogP contribution in [0.2, 0.25) is 0 Å². The van der Waals surface area contributed by atoms with Crippen molar-refractivity contribution in [1.29, 1.82) is 0 Å². The first-order chi connectivity index (χ1) is 12.2. The molecule has 4 heteroatoms. The number of rotatable bonds is 4. The van der Waals surface area contributed by atoms with E-state index < -0.39 is 0 Å². The zero-order valence-electron chi connectivity index (χ0n) is 14.3. The molecule has 2 aromatic carbocycles. The van der Waals surface area contributed by atoms with Crippen LogP contribution in [-0.4, -0.2) is 22.3 Å². The van der Waals surface area contributed by atoms with Crippen LogP contribution in [0.3, 0.4) is 0 Å². The van der Waals surface area contributed by atoms with Crippen molar-refractivity contribution in [3.8, 4) is 0 Å². The molecule has 126 valence electrons. The smallest absolute Gasteiger partial charge is 0.258 e. The van der Waals surface area contributed by atoms with Gasteiger partial charge in [0.2, 0.25) is 0 Å². The molecule has 1 amide bonds. The van der Waals surface area contributed by atoms with Gasteiger partial charge in [0.25, 0.3) is 5.91 Å². The number of amides is 1. The van der Waals surface area contributed by atoms with Crippen molar-refractivity contribution in [3.05, 3.63) is 70.9 Å². The van der Waals surface area contributed by atoms with E-state index in [9.17, 15) is 4.79 Å². The third-order valence-corrected chi connectivity index (χ3v) is 4.79. The van der Waals surface area contributed by atoms with Gasteiger partial charge in [-0.05, 0) is 24.0 Å². The maximum Gasteiger partial charge on any atom is 0.258 e. The van der Waals surface area contributed by atoms with E-state index in [0.717, 1.165) is 41.5 Å². The van der Waals surface area contributed by atoms with E-state index in [1.165, 1.54) is 5.56 Å². The van der Waals surface area contributed by atoms with Crippen molar-refractivity contribution in [3.63, 3.8) is 0 Å². The quantitative estimate of drug-likeness (QED) is 0.791. The standard InChI is InChI=1S/C21H21N3O/c1-2-11-24-13-17-18(21(24)25)19(22)16-10-6-9-15(20(16)23-17)12-14-7-4-3-5-8-14/h3-10H,2,11-13H2,1H3,(H2,22,23). The summed E-state index contributed by atoms with van der Waals surface area (Å²) in [4.78, 5) is 19.3. The highest BCUT2D eigenvalue weighted by molar-refractivity contribution is 6.09. The lowest BCUT2D eigenvalue weighted by atomic mass is 9.99. The van der Waals surface area contributed by atoms with Gasteiger partial charge >= 0.3 is 0 Å². The maximum atomic E-state index is 12.6. The van der Waals surface area contributed by atoms with E-state index in [1.54, 1.807) is 0 Å². The molecule has 1 aromatic heterocycles. The molecular formula is C21H21N3O. The average molecular weight is 331 g/mol. The van der Waals surface area contributed by atoms with E-state index in [2.05, 4.69) is 25.1 Å². The van der Waals surface area contributed by atoms with Crippen LogP contribution in [0.25, 0.3) is 10.9 Å². The van der Waals surface area contributed by atoms with Crippen molar-refractivity contribution in [2.75, 3.05) is 12.3 Å². The molecular weight excluding hydrogens is 310 g/mol. The Kier molecular flexibility index (Phi) is 3.88. The molecule has 1 aliphatic heterocycles. The summed E-state index contributed by atoms with van der Waals surface area (Å²) in [5.41, 5.74) is 11.7. The number of pyridine rings is 1. The molecule has 0 saturated carbocycles. The molecule has 0 atom stereocenters. The summed E-state index contributed by atoms with van der Waals surface area (Å²) < 4.78 is 0. The molecule has 0 unspecified atom stereocenters. The molecule has 0 saturated heterocycles. The highest BCUT2D eigenvalue weighted by Crippen LogP contribution is 2.34. The van der Waals surface area contributed by atoms with Gasteiger partial charge in [-0.3, -0.25) is 4.79 Å². The summed E-state index contributed by atoms with van der Waals surface area (Å²) in [6, 6.07) is 16.4. The maximum absolute atomic E-state index is 12.6.